The van der Waals surface area contributed by atoms with Crippen LogP contribution in [0.1, 0.15) is 12.8 Å². The third-order valence-electron chi connectivity index (χ3n) is 3.83. The SMILES string of the molecule is N=C(N)C1CCCN(c2ccnc3ccccc23)C1. The quantitative estimate of drug-likeness (QED) is 0.639. The molecule has 1 aromatic carbocycles. The second kappa shape index (κ2) is 4.88. The Kier molecular flexibility index (Phi) is 3.07. The maximum Gasteiger partial charge on any atom is 0.0954 e. The van der Waals surface area contributed by atoms with Gasteiger partial charge in [-0.2, -0.15) is 0 Å². The molecule has 3 N–H and O–H groups in total. The minimum absolute atomic E-state index is 0.181. The second-order valence-corrected chi connectivity index (χ2v) is 5.09. The lowest BCUT2D eigenvalue weighted by Crippen LogP contribution is -2.41. The van der Waals surface area contributed by atoms with E-state index in [1.807, 2.05) is 24.4 Å². The van der Waals surface area contributed by atoms with Gasteiger partial charge in [-0.1, -0.05) is 18.2 Å². The summed E-state index contributed by atoms with van der Waals surface area (Å²) in [7, 11) is 0. The Balaban J connectivity index is 1.97. The van der Waals surface area contributed by atoms with Gasteiger partial charge < -0.3 is 10.6 Å². The van der Waals surface area contributed by atoms with E-state index >= 15 is 0 Å². The van der Waals surface area contributed by atoms with Crippen LogP contribution in [0.3, 0.4) is 0 Å². The van der Waals surface area contributed by atoms with Crippen LogP contribution in [-0.4, -0.2) is 23.9 Å². The number of nitrogens with one attached hydrogen (secondary N) is 1. The highest BCUT2D eigenvalue weighted by Crippen LogP contribution is 2.29. The van der Waals surface area contributed by atoms with Crippen LogP contribution in [0, 0.1) is 11.3 Å². The van der Waals surface area contributed by atoms with Crippen molar-refractivity contribution in [2.24, 2.45) is 11.7 Å². The highest BCUT2D eigenvalue weighted by molar-refractivity contribution is 5.91. The predicted octanol–water partition coefficient (Wildman–Crippen LogP) is 2.39. The summed E-state index contributed by atoms with van der Waals surface area (Å²) in [4.78, 5) is 6.73. The molecule has 1 aliphatic heterocycles. The van der Waals surface area contributed by atoms with Gasteiger partial charge in [-0.25, -0.2) is 0 Å². The van der Waals surface area contributed by atoms with E-state index in [0.29, 0.717) is 5.84 Å². The first-order chi connectivity index (χ1) is 9.25. The molecule has 98 valence electrons. The monoisotopic (exact) mass is 254 g/mol. The first-order valence-electron chi connectivity index (χ1n) is 6.68. The van der Waals surface area contributed by atoms with Crippen LogP contribution in [0.25, 0.3) is 10.9 Å². The Bertz CT molecular complexity index is 603. The Labute approximate surface area is 112 Å². The van der Waals surface area contributed by atoms with E-state index in [0.717, 1.165) is 31.4 Å². The fourth-order valence-electron chi connectivity index (χ4n) is 2.81. The fraction of sp³-hybridized carbons (Fsp3) is 0.333. The maximum atomic E-state index is 7.64. The van der Waals surface area contributed by atoms with Crippen LogP contribution in [0.4, 0.5) is 5.69 Å². The average Bonchev–Trinajstić information content (AvgIpc) is 2.47. The van der Waals surface area contributed by atoms with Crippen LogP contribution in [-0.2, 0) is 0 Å². The summed E-state index contributed by atoms with van der Waals surface area (Å²) >= 11 is 0. The number of para-hydroxylation sites is 1. The predicted molar refractivity (Wildman–Crippen MR) is 78.6 cm³/mol. The molecular formula is C15H18N4. The lowest BCUT2D eigenvalue weighted by Gasteiger charge is -2.34. The van der Waals surface area contributed by atoms with Crippen molar-refractivity contribution in [3.05, 3.63) is 36.5 Å². The molecule has 0 amide bonds. The lowest BCUT2D eigenvalue weighted by molar-refractivity contribution is 0.504. The van der Waals surface area contributed by atoms with Crippen molar-refractivity contribution in [2.45, 2.75) is 12.8 Å². The van der Waals surface area contributed by atoms with Crippen LogP contribution in [0.2, 0.25) is 0 Å². The summed E-state index contributed by atoms with van der Waals surface area (Å²) in [5, 5.41) is 8.82. The summed E-state index contributed by atoms with van der Waals surface area (Å²) in [6.45, 7) is 1.86. The number of fused-ring (bicyclic) bond motifs is 1. The summed E-state index contributed by atoms with van der Waals surface area (Å²) in [6, 6.07) is 10.2. The smallest absolute Gasteiger partial charge is 0.0954 e. The second-order valence-electron chi connectivity index (χ2n) is 5.09. The minimum atomic E-state index is 0.181. The Morgan fingerprint density at radius 3 is 3.00 bits per heavy atom. The number of nitrogens with zero attached hydrogens (tertiary/aromatic N) is 2. The number of amidine groups is 1. The van der Waals surface area contributed by atoms with Crippen molar-refractivity contribution in [1.82, 2.24) is 4.98 Å². The van der Waals surface area contributed by atoms with Crippen molar-refractivity contribution < 1.29 is 0 Å². The highest BCUT2D eigenvalue weighted by atomic mass is 15.1. The Morgan fingerprint density at radius 1 is 1.32 bits per heavy atom. The molecule has 1 fully saturated rings. The molecule has 19 heavy (non-hydrogen) atoms. The highest BCUT2D eigenvalue weighted by Gasteiger charge is 2.23. The molecule has 1 atom stereocenters. The minimum Gasteiger partial charge on any atom is -0.387 e. The van der Waals surface area contributed by atoms with Gasteiger partial charge in [-0.05, 0) is 25.0 Å². The van der Waals surface area contributed by atoms with Crippen LogP contribution in [0.15, 0.2) is 36.5 Å². The topological polar surface area (TPSA) is 66.0 Å². The average molecular weight is 254 g/mol. The molecule has 4 nitrogen and oxygen atoms in total. The van der Waals surface area contributed by atoms with Crippen LogP contribution >= 0.6 is 0 Å². The Hall–Kier alpha value is -2.10. The van der Waals surface area contributed by atoms with Crippen molar-refractivity contribution in [3.8, 4) is 0 Å². The number of nitrogens with two attached hydrogens (primary N) is 1. The summed E-state index contributed by atoms with van der Waals surface area (Å²) in [5.74, 6) is 0.490. The van der Waals surface area contributed by atoms with Gasteiger partial charge in [-0.15, -0.1) is 0 Å². The summed E-state index contributed by atoms with van der Waals surface area (Å²) < 4.78 is 0. The van der Waals surface area contributed by atoms with Gasteiger partial charge in [0.15, 0.2) is 0 Å². The first kappa shape index (κ1) is 12.0. The van der Waals surface area contributed by atoms with Gasteiger partial charge >= 0.3 is 0 Å². The molecule has 2 heterocycles. The van der Waals surface area contributed by atoms with Crippen LogP contribution < -0.4 is 10.6 Å². The van der Waals surface area contributed by atoms with E-state index < -0.39 is 0 Å². The molecule has 0 saturated carbocycles. The molecule has 1 aliphatic rings. The molecule has 1 saturated heterocycles. The molecule has 0 radical (unpaired) electrons. The first-order valence-corrected chi connectivity index (χ1v) is 6.68. The van der Waals surface area contributed by atoms with Gasteiger partial charge in [0, 0.05) is 36.3 Å². The molecule has 0 spiro atoms. The molecule has 4 heteroatoms. The van der Waals surface area contributed by atoms with E-state index in [-0.39, 0.29) is 5.92 Å². The maximum absolute atomic E-state index is 7.64. The molecule has 1 unspecified atom stereocenters. The van der Waals surface area contributed by atoms with E-state index in [2.05, 4.69) is 22.0 Å². The standard InChI is InChI=1S/C15H18N4/c16-15(17)11-4-3-9-19(10-11)14-7-8-18-13-6-2-1-5-12(13)14/h1-2,5-8,11H,3-4,9-10H2,(H3,16,17). The van der Waals surface area contributed by atoms with Gasteiger partial charge in [0.1, 0.15) is 0 Å². The molecular weight excluding hydrogens is 236 g/mol. The van der Waals surface area contributed by atoms with E-state index in [4.69, 9.17) is 11.1 Å². The zero-order chi connectivity index (χ0) is 13.2. The number of piperidine rings is 1. The van der Waals surface area contributed by atoms with E-state index in [9.17, 15) is 0 Å². The van der Waals surface area contributed by atoms with Crippen molar-refractivity contribution in [1.29, 1.82) is 5.41 Å². The van der Waals surface area contributed by atoms with Crippen LogP contribution in [0.5, 0.6) is 0 Å². The lowest BCUT2D eigenvalue weighted by atomic mass is 9.96. The molecule has 0 bridgehead atoms. The number of pyridine rings is 1. The third kappa shape index (κ3) is 2.26. The number of benzene rings is 1. The Morgan fingerprint density at radius 2 is 2.16 bits per heavy atom. The van der Waals surface area contributed by atoms with Gasteiger partial charge in [0.25, 0.3) is 0 Å². The molecule has 3 rings (SSSR count). The summed E-state index contributed by atoms with van der Waals surface area (Å²) in [6.07, 6.45) is 3.96. The molecule has 0 aliphatic carbocycles. The van der Waals surface area contributed by atoms with Gasteiger partial charge in [0.2, 0.25) is 0 Å². The number of hydrogen-bond acceptors (Lipinski definition) is 3. The van der Waals surface area contributed by atoms with Crippen molar-refractivity contribution >= 4 is 22.4 Å². The molecule has 2 aromatic rings. The normalized spacial score (nSPS) is 19.6. The van der Waals surface area contributed by atoms with E-state index in [1.165, 1.54) is 11.1 Å². The zero-order valence-corrected chi connectivity index (χ0v) is 10.8. The zero-order valence-electron chi connectivity index (χ0n) is 10.8. The van der Waals surface area contributed by atoms with E-state index in [1.54, 1.807) is 0 Å². The fourth-order valence-corrected chi connectivity index (χ4v) is 2.81. The van der Waals surface area contributed by atoms with Crippen molar-refractivity contribution in [2.75, 3.05) is 18.0 Å². The molecule has 1 aromatic heterocycles. The third-order valence-corrected chi connectivity index (χ3v) is 3.83. The number of aromatic nitrogens is 1. The van der Waals surface area contributed by atoms with Gasteiger partial charge in [0.05, 0.1) is 11.4 Å². The largest absolute Gasteiger partial charge is 0.387 e. The summed E-state index contributed by atoms with van der Waals surface area (Å²) in [5.41, 5.74) is 7.89. The number of rotatable bonds is 2. The van der Waals surface area contributed by atoms with Crippen molar-refractivity contribution in [3.63, 3.8) is 0 Å². The number of anilines is 1. The number of hydrogen-bond donors (Lipinski definition) is 2. The van der Waals surface area contributed by atoms with Gasteiger partial charge in [-0.3, -0.25) is 10.4 Å².